The van der Waals surface area contributed by atoms with Crippen LogP contribution in [-0.4, -0.2) is 17.3 Å². The van der Waals surface area contributed by atoms with Crippen molar-refractivity contribution < 1.29 is 9.50 Å². The Morgan fingerprint density at radius 1 is 1.14 bits per heavy atom. The van der Waals surface area contributed by atoms with Crippen LogP contribution in [0.4, 0.5) is 10.1 Å². The molecule has 0 saturated heterocycles. The van der Waals surface area contributed by atoms with Crippen LogP contribution in [0.3, 0.4) is 0 Å². The third kappa shape index (κ3) is 4.06. The summed E-state index contributed by atoms with van der Waals surface area (Å²) in [5, 5.41) is 19.4. The average Bonchev–Trinajstić information content (AvgIpc) is 2.46. The van der Waals surface area contributed by atoms with Gasteiger partial charge in [-0.05, 0) is 31.5 Å². The molecule has 0 aromatic heterocycles. The zero-order valence-corrected chi connectivity index (χ0v) is 12.8. The molecule has 1 N–H and O–H groups in total. The van der Waals surface area contributed by atoms with Crippen LogP contribution in [0, 0.1) is 17.1 Å². The molecule has 0 heterocycles. The fraction of sp³-hybridized carbons (Fsp3) is 0.278. The quantitative estimate of drug-likeness (QED) is 0.919. The Morgan fingerprint density at radius 2 is 1.82 bits per heavy atom. The van der Waals surface area contributed by atoms with Crippen molar-refractivity contribution in [1.82, 2.24) is 0 Å². The molecule has 0 bridgehead atoms. The summed E-state index contributed by atoms with van der Waals surface area (Å²) < 4.78 is 13.9. The number of nitriles is 1. The fourth-order valence-corrected chi connectivity index (χ4v) is 2.38. The number of benzene rings is 2. The highest BCUT2D eigenvalue weighted by atomic mass is 19.1. The Balaban J connectivity index is 2.41. The smallest absolute Gasteiger partial charge is 0.143 e. The SMILES string of the molecule is CC(C)(O)CN(Cc1ccccc1)c1cccc(F)c1C#N. The molecule has 0 unspecified atom stereocenters. The summed E-state index contributed by atoms with van der Waals surface area (Å²) in [4.78, 5) is 1.83. The van der Waals surface area contributed by atoms with Crippen molar-refractivity contribution >= 4 is 5.69 Å². The Bertz CT molecular complexity index is 672. The second-order valence-electron chi connectivity index (χ2n) is 5.90. The van der Waals surface area contributed by atoms with Crippen molar-refractivity contribution in [3.8, 4) is 6.07 Å². The van der Waals surface area contributed by atoms with Gasteiger partial charge in [-0.15, -0.1) is 0 Å². The molecule has 114 valence electrons. The minimum absolute atomic E-state index is 0.00248. The maximum Gasteiger partial charge on any atom is 0.143 e. The van der Waals surface area contributed by atoms with E-state index in [4.69, 9.17) is 0 Å². The van der Waals surface area contributed by atoms with Crippen LogP contribution < -0.4 is 4.90 Å². The number of halogens is 1. The molecule has 2 aromatic carbocycles. The standard InChI is InChI=1S/C18H19FN2O/c1-18(2,22)13-21(12-14-7-4-3-5-8-14)17-10-6-9-16(19)15(17)11-20/h3-10,22H,12-13H2,1-2H3. The van der Waals surface area contributed by atoms with Crippen molar-refractivity contribution in [3.63, 3.8) is 0 Å². The Labute approximate surface area is 130 Å². The first-order valence-electron chi connectivity index (χ1n) is 7.10. The van der Waals surface area contributed by atoms with E-state index in [-0.39, 0.29) is 5.56 Å². The first-order valence-corrected chi connectivity index (χ1v) is 7.10. The van der Waals surface area contributed by atoms with E-state index in [1.165, 1.54) is 6.07 Å². The second kappa shape index (κ2) is 6.59. The molecule has 0 fully saturated rings. The van der Waals surface area contributed by atoms with E-state index in [9.17, 15) is 14.8 Å². The zero-order chi connectivity index (χ0) is 16.2. The van der Waals surface area contributed by atoms with Crippen molar-refractivity contribution in [2.45, 2.75) is 26.0 Å². The lowest BCUT2D eigenvalue weighted by molar-refractivity contribution is 0.0869. The van der Waals surface area contributed by atoms with Crippen LogP contribution in [0.15, 0.2) is 48.5 Å². The molecule has 0 radical (unpaired) electrons. The fourth-order valence-electron chi connectivity index (χ4n) is 2.38. The third-order valence-electron chi connectivity index (χ3n) is 3.24. The van der Waals surface area contributed by atoms with Gasteiger partial charge in [0.25, 0.3) is 0 Å². The molecule has 0 aliphatic carbocycles. The van der Waals surface area contributed by atoms with E-state index in [0.29, 0.717) is 18.8 Å². The first-order chi connectivity index (χ1) is 10.4. The van der Waals surface area contributed by atoms with Crippen LogP contribution in [0.5, 0.6) is 0 Å². The lowest BCUT2D eigenvalue weighted by Crippen LogP contribution is -2.38. The van der Waals surface area contributed by atoms with Crippen LogP contribution >= 0.6 is 0 Å². The number of rotatable bonds is 5. The second-order valence-corrected chi connectivity index (χ2v) is 5.90. The van der Waals surface area contributed by atoms with Crippen LogP contribution in [0.1, 0.15) is 25.0 Å². The van der Waals surface area contributed by atoms with Crippen molar-refractivity contribution in [1.29, 1.82) is 5.26 Å². The van der Waals surface area contributed by atoms with Gasteiger partial charge in [0.15, 0.2) is 0 Å². The molecule has 0 amide bonds. The van der Waals surface area contributed by atoms with Gasteiger partial charge in [-0.1, -0.05) is 36.4 Å². The molecule has 3 nitrogen and oxygen atoms in total. The topological polar surface area (TPSA) is 47.3 Å². The van der Waals surface area contributed by atoms with E-state index >= 15 is 0 Å². The van der Waals surface area contributed by atoms with Gasteiger partial charge < -0.3 is 10.0 Å². The van der Waals surface area contributed by atoms with Gasteiger partial charge in [0, 0.05) is 13.1 Å². The number of anilines is 1. The van der Waals surface area contributed by atoms with E-state index in [1.807, 2.05) is 41.3 Å². The summed E-state index contributed by atoms with van der Waals surface area (Å²) in [6.07, 6.45) is 0. The summed E-state index contributed by atoms with van der Waals surface area (Å²) in [5.74, 6) is -0.547. The number of aliphatic hydroxyl groups is 1. The maximum atomic E-state index is 13.9. The molecule has 0 aliphatic heterocycles. The minimum Gasteiger partial charge on any atom is -0.389 e. The first kappa shape index (κ1) is 16.0. The number of nitrogens with zero attached hydrogens (tertiary/aromatic N) is 2. The summed E-state index contributed by atoms with van der Waals surface area (Å²) >= 11 is 0. The molecule has 0 aliphatic rings. The van der Waals surface area contributed by atoms with E-state index in [1.54, 1.807) is 26.0 Å². The number of hydrogen-bond acceptors (Lipinski definition) is 3. The molecule has 2 rings (SSSR count). The van der Waals surface area contributed by atoms with Gasteiger partial charge in [0.2, 0.25) is 0 Å². The Kier molecular flexibility index (Phi) is 4.79. The lowest BCUT2D eigenvalue weighted by Gasteiger charge is -2.31. The van der Waals surface area contributed by atoms with Crippen molar-refractivity contribution in [2.24, 2.45) is 0 Å². The summed E-state index contributed by atoms with van der Waals surface area (Å²) in [6, 6.07) is 16.2. The normalized spacial score (nSPS) is 11.0. The average molecular weight is 298 g/mol. The molecule has 22 heavy (non-hydrogen) atoms. The predicted octanol–water partition coefficient (Wildman–Crippen LogP) is 3.47. The molecule has 2 aromatic rings. The van der Waals surface area contributed by atoms with Crippen LogP contribution in [-0.2, 0) is 6.54 Å². The predicted molar refractivity (Wildman–Crippen MR) is 84.9 cm³/mol. The highest BCUT2D eigenvalue weighted by Gasteiger charge is 2.22. The van der Waals surface area contributed by atoms with Crippen LogP contribution in [0.2, 0.25) is 0 Å². The molecule has 0 atom stereocenters. The highest BCUT2D eigenvalue weighted by molar-refractivity contribution is 5.60. The van der Waals surface area contributed by atoms with Gasteiger partial charge >= 0.3 is 0 Å². The highest BCUT2D eigenvalue weighted by Crippen LogP contribution is 2.26. The minimum atomic E-state index is -0.964. The Hall–Kier alpha value is -2.38. The lowest BCUT2D eigenvalue weighted by atomic mass is 10.1. The summed E-state index contributed by atoms with van der Waals surface area (Å²) in [5.41, 5.74) is 0.560. The maximum absolute atomic E-state index is 13.9. The summed E-state index contributed by atoms with van der Waals surface area (Å²) in [7, 11) is 0. The third-order valence-corrected chi connectivity index (χ3v) is 3.24. The van der Waals surface area contributed by atoms with Gasteiger partial charge in [0.05, 0.1) is 11.3 Å². The van der Waals surface area contributed by atoms with Crippen molar-refractivity contribution in [2.75, 3.05) is 11.4 Å². The van der Waals surface area contributed by atoms with E-state index < -0.39 is 11.4 Å². The zero-order valence-electron chi connectivity index (χ0n) is 12.8. The van der Waals surface area contributed by atoms with Gasteiger partial charge in [-0.2, -0.15) is 5.26 Å². The van der Waals surface area contributed by atoms with Gasteiger partial charge in [-0.25, -0.2) is 4.39 Å². The number of hydrogen-bond donors (Lipinski definition) is 1. The van der Waals surface area contributed by atoms with Crippen molar-refractivity contribution in [3.05, 3.63) is 65.5 Å². The monoisotopic (exact) mass is 298 g/mol. The van der Waals surface area contributed by atoms with Gasteiger partial charge in [0.1, 0.15) is 17.4 Å². The molecular formula is C18H19FN2O. The molecule has 4 heteroatoms. The molecular weight excluding hydrogens is 279 g/mol. The molecule has 0 spiro atoms. The largest absolute Gasteiger partial charge is 0.389 e. The van der Waals surface area contributed by atoms with E-state index in [2.05, 4.69) is 0 Å². The van der Waals surface area contributed by atoms with E-state index in [0.717, 1.165) is 5.56 Å². The molecule has 0 saturated carbocycles. The Morgan fingerprint density at radius 3 is 2.41 bits per heavy atom. The van der Waals surface area contributed by atoms with Crippen LogP contribution in [0.25, 0.3) is 0 Å². The summed E-state index contributed by atoms with van der Waals surface area (Å²) in [6.45, 7) is 4.16. The van der Waals surface area contributed by atoms with Gasteiger partial charge in [-0.3, -0.25) is 0 Å².